The van der Waals surface area contributed by atoms with Crippen molar-refractivity contribution in [2.24, 2.45) is 5.41 Å². The third-order valence-corrected chi connectivity index (χ3v) is 7.32. The number of aromatic nitrogens is 2. The molecule has 2 unspecified atom stereocenters. The number of carboxylic acid groups (broad SMARTS) is 1. The maximum atomic E-state index is 13.1. The lowest BCUT2D eigenvalue weighted by Crippen LogP contribution is -2.56. The number of Topliss-reactive ketones (excluding diaryl/α,β-unsaturated/α-hetero) is 1. The molecule has 1 saturated heterocycles. The van der Waals surface area contributed by atoms with E-state index >= 15 is 0 Å². The van der Waals surface area contributed by atoms with Crippen LogP contribution in [0.4, 0.5) is 4.79 Å². The van der Waals surface area contributed by atoms with E-state index in [2.05, 4.69) is 14.7 Å². The minimum Gasteiger partial charge on any atom is -0.465 e. The van der Waals surface area contributed by atoms with Crippen LogP contribution in [0.1, 0.15) is 50.4 Å². The number of hydrogen-bond acceptors (Lipinski definition) is 6. The van der Waals surface area contributed by atoms with Crippen molar-refractivity contribution in [3.05, 3.63) is 34.3 Å². The summed E-state index contributed by atoms with van der Waals surface area (Å²) in [5.41, 5.74) is 1.00. The summed E-state index contributed by atoms with van der Waals surface area (Å²) >= 11 is 1.67. The number of rotatable bonds is 1. The molecule has 1 aromatic carbocycles. The molecule has 2 N–H and O–H groups in total. The number of aromatic amines is 1. The van der Waals surface area contributed by atoms with Crippen molar-refractivity contribution in [1.82, 2.24) is 15.0 Å². The summed E-state index contributed by atoms with van der Waals surface area (Å²) < 4.78 is 4.24. The van der Waals surface area contributed by atoms with Gasteiger partial charge in [0.1, 0.15) is 0 Å². The van der Waals surface area contributed by atoms with Crippen molar-refractivity contribution in [3.63, 3.8) is 0 Å². The van der Waals surface area contributed by atoms with Crippen LogP contribution in [0.25, 0.3) is 11.4 Å². The van der Waals surface area contributed by atoms with Crippen LogP contribution in [0.15, 0.2) is 32.4 Å². The number of carbonyl (C=O) groups is 2. The number of piperidine rings is 1. The molecule has 2 aliphatic rings. The van der Waals surface area contributed by atoms with Crippen LogP contribution in [0.5, 0.6) is 0 Å². The van der Waals surface area contributed by atoms with E-state index in [1.807, 2.05) is 26.8 Å². The zero-order valence-electron chi connectivity index (χ0n) is 16.5. The number of H-pyrrole nitrogens is 1. The summed E-state index contributed by atoms with van der Waals surface area (Å²) in [5, 5.41) is 13.3. The van der Waals surface area contributed by atoms with Gasteiger partial charge < -0.3 is 10.0 Å². The quantitative estimate of drug-likeness (QED) is 0.727. The van der Waals surface area contributed by atoms with Crippen LogP contribution in [0, 0.1) is 5.41 Å². The van der Waals surface area contributed by atoms with Gasteiger partial charge in [0.25, 0.3) is 0 Å². The molecule has 2 aliphatic heterocycles. The van der Waals surface area contributed by atoms with Gasteiger partial charge >= 0.3 is 11.8 Å². The average Bonchev–Trinajstić information content (AvgIpc) is 3.07. The van der Waals surface area contributed by atoms with E-state index in [0.717, 1.165) is 4.90 Å². The Morgan fingerprint density at radius 3 is 2.76 bits per heavy atom. The van der Waals surface area contributed by atoms with Crippen LogP contribution >= 0.6 is 11.8 Å². The molecular formula is C20H23N3O5S. The molecule has 1 spiro atoms. The highest BCUT2D eigenvalue weighted by molar-refractivity contribution is 8.01. The molecular weight excluding hydrogens is 394 g/mol. The van der Waals surface area contributed by atoms with Gasteiger partial charge in [-0.05, 0) is 36.5 Å². The van der Waals surface area contributed by atoms with E-state index in [-0.39, 0.29) is 22.0 Å². The van der Waals surface area contributed by atoms with Crippen LogP contribution in [-0.2, 0) is 0 Å². The normalized spacial score (nSPS) is 24.6. The fraction of sp³-hybridized carbons (Fsp3) is 0.500. The summed E-state index contributed by atoms with van der Waals surface area (Å²) in [5.74, 6) is -0.322. The molecule has 1 aromatic heterocycles. The molecule has 0 bridgehead atoms. The predicted molar refractivity (Wildman–Crippen MR) is 107 cm³/mol. The lowest BCUT2D eigenvalue weighted by molar-refractivity contribution is 0.0454. The molecule has 0 aliphatic carbocycles. The Kier molecular flexibility index (Phi) is 4.60. The average molecular weight is 417 g/mol. The van der Waals surface area contributed by atoms with Crippen molar-refractivity contribution in [3.8, 4) is 11.4 Å². The summed E-state index contributed by atoms with van der Waals surface area (Å²) in [7, 11) is 0. The summed E-state index contributed by atoms with van der Waals surface area (Å²) in [6.07, 6.45) is 0.735. The molecule has 0 saturated carbocycles. The van der Waals surface area contributed by atoms with Gasteiger partial charge in [-0.2, -0.15) is 0 Å². The third-order valence-electron chi connectivity index (χ3n) is 5.80. The van der Waals surface area contributed by atoms with Gasteiger partial charge in [0, 0.05) is 39.8 Å². The van der Waals surface area contributed by atoms with Crippen LogP contribution in [0.3, 0.4) is 0 Å². The lowest BCUT2D eigenvalue weighted by Gasteiger charge is -2.50. The molecule has 0 radical (unpaired) electrons. The number of amides is 1. The topological polar surface area (TPSA) is 116 Å². The van der Waals surface area contributed by atoms with Crippen molar-refractivity contribution in [2.75, 3.05) is 6.54 Å². The summed E-state index contributed by atoms with van der Waals surface area (Å²) in [6.45, 7) is 6.55. The fourth-order valence-corrected chi connectivity index (χ4v) is 5.82. The largest absolute Gasteiger partial charge is 0.465 e. The SMILES string of the molecule is CC(C)(C)C1CC2(CCN1C(=O)O)CC(=O)c1cc(-c3noc(=O)[nH]3)ccc1S2. The van der Waals surface area contributed by atoms with E-state index in [1.54, 1.807) is 23.9 Å². The first-order valence-electron chi connectivity index (χ1n) is 9.50. The number of ketones is 1. The number of fused-ring (bicyclic) bond motifs is 1. The zero-order valence-corrected chi connectivity index (χ0v) is 17.3. The number of likely N-dealkylation sites (tertiary alicyclic amines) is 1. The number of carbonyl (C=O) groups excluding carboxylic acids is 1. The van der Waals surface area contributed by atoms with Crippen LogP contribution in [-0.4, -0.2) is 49.4 Å². The Labute approximate surface area is 171 Å². The number of thioether (sulfide) groups is 1. The first-order valence-corrected chi connectivity index (χ1v) is 10.3. The van der Waals surface area contributed by atoms with E-state index in [1.165, 1.54) is 4.90 Å². The number of hydrogen-bond donors (Lipinski definition) is 2. The van der Waals surface area contributed by atoms with E-state index in [9.17, 15) is 19.5 Å². The van der Waals surface area contributed by atoms with Crippen molar-refractivity contribution >= 4 is 23.6 Å². The molecule has 29 heavy (non-hydrogen) atoms. The zero-order chi connectivity index (χ0) is 21.0. The summed E-state index contributed by atoms with van der Waals surface area (Å²) in [4.78, 5) is 40.9. The predicted octanol–water partition coefficient (Wildman–Crippen LogP) is 3.64. The maximum absolute atomic E-state index is 13.1. The van der Waals surface area contributed by atoms with Gasteiger partial charge in [0.05, 0.1) is 0 Å². The molecule has 8 nitrogen and oxygen atoms in total. The van der Waals surface area contributed by atoms with Crippen molar-refractivity contribution in [2.45, 2.75) is 55.7 Å². The van der Waals surface area contributed by atoms with Gasteiger partial charge in [-0.3, -0.25) is 14.3 Å². The number of benzene rings is 1. The van der Waals surface area contributed by atoms with Crippen LogP contribution < -0.4 is 5.76 Å². The minimum atomic E-state index is -0.904. The van der Waals surface area contributed by atoms with Gasteiger partial charge in [-0.25, -0.2) is 9.59 Å². The molecule has 4 rings (SSSR count). The second-order valence-electron chi connectivity index (χ2n) is 8.85. The second-order valence-corrected chi connectivity index (χ2v) is 10.4. The Balaban J connectivity index is 1.65. The maximum Gasteiger partial charge on any atom is 0.439 e. The monoisotopic (exact) mass is 417 g/mol. The van der Waals surface area contributed by atoms with E-state index in [4.69, 9.17) is 0 Å². The highest BCUT2D eigenvalue weighted by Crippen LogP contribution is 2.52. The molecule has 3 heterocycles. The minimum absolute atomic E-state index is 0.0304. The highest BCUT2D eigenvalue weighted by Gasteiger charge is 2.49. The van der Waals surface area contributed by atoms with Crippen LogP contribution in [0.2, 0.25) is 0 Å². The second kappa shape index (κ2) is 6.76. The molecule has 154 valence electrons. The Bertz CT molecular complexity index is 1040. The smallest absolute Gasteiger partial charge is 0.439 e. The third kappa shape index (κ3) is 3.59. The molecule has 1 amide bonds. The number of nitrogens with one attached hydrogen (secondary N) is 1. The van der Waals surface area contributed by atoms with Crippen molar-refractivity contribution in [1.29, 1.82) is 0 Å². The summed E-state index contributed by atoms with van der Waals surface area (Å²) in [6, 6.07) is 5.25. The Morgan fingerprint density at radius 2 is 2.14 bits per heavy atom. The Hall–Kier alpha value is -2.55. The molecule has 1 fully saturated rings. The number of nitrogens with zero attached hydrogens (tertiary/aromatic N) is 2. The van der Waals surface area contributed by atoms with Gasteiger partial charge in [0.15, 0.2) is 11.6 Å². The lowest BCUT2D eigenvalue weighted by atomic mass is 9.75. The molecule has 9 heteroatoms. The first-order chi connectivity index (χ1) is 13.6. The molecule has 2 aromatic rings. The first kappa shape index (κ1) is 19.8. The van der Waals surface area contributed by atoms with Crippen molar-refractivity contribution < 1.29 is 19.2 Å². The van der Waals surface area contributed by atoms with E-state index < -0.39 is 11.8 Å². The van der Waals surface area contributed by atoms with Gasteiger partial charge in [-0.15, -0.1) is 11.8 Å². The fourth-order valence-electron chi connectivity index (χ4n) is 4.30. The standard InChI is InChI=1S/C20H23N3O5S/c1-19(2,3)15-10-20(6-7-23(15)18(26)27)9-13(24)12-8-11(4-5-14(12)29-20)16-21-17(25)28-22-16/h4-5,8,15H,6-7,9-10H2,1-3H3,(H,26,27)(H,21,22,25). The van der Waals surface area contributed by atoms with Gasteiger partial charge in [-0.1, -0.05) is 25.9 Å². The van der Waals surface area contributed by atoms with E-state index in [0.29, 0.717) is 42.8 Å². The van der Waals surface area contributed by atoms with Gasteiger partial charge in [0.2, 0.25) is 0 Å². The highest BCUT2D eigenvalue weighted by atomic mass is 32.2. The molecule has 2 atom stereocenters. The Morgan fingerprint density at radius 1 is 1.38 bits per heavy atom.